The molecule has 0 saturated heterocycles. The van der Waals surface area contributed by atoms with Gasteiger partial charge in [0.2, 0.25) is 0 Å². The van der Waals surface area contributed by atoms with Gasteiger partial charge < -0.3 is 10.4 Å². The van der Waals surface area contributed by atoms with Crippen LogP contribution in [-0.2, 0) is 4.79 Å². The molecule has 108 valence electrons. The molecule has 1 aliphatic carbocycles. The molecule has 0 spiro atoms. The number of amides is 1. The third kappa shape index (κ3) is 3.73. The number of hydrogen-bond acceptors (Lipinski definition) is 2. The standard InChI is InChI=1S/C14H15BrClNO3/c15-10-5-9(6-11(16)7-10)13(20)17-14(8-12(18)19)3-1-2-4-14/h5-7H,1-4,8H2,(H,17,20)(H,18,19). The summed E-state index contributed by atoms with van der Waals surface area (Å²) in [5.74, 6) is -1.17. The van der Waals surface area contributed by atoms with Crippen molar-refractivity contribution in [3.8, 4) is 0 Å². The summed E-state index contributed by atoms with van der Waals surface area (Å²) in [7, 11) is 0. The first-order valence-corrected chi connectivity index (χ1v) is 7.58. The van der Waals surface area contributed by atoms with Crippen LogP contribution in [0.15, 0.2) is 22.7 Å². The highest BCUT2D eigenvalue weighted by Crippen LogP contribution is 2.33. The van der Waals surface area contributed by atoms with Crippen molar-refractivity contribution in [1.82, 2.24) is 5.32 Å². The van der Waals surface area contributed by atoms with E-state index in [1.54, 1.807) is 18.2 Å². The molecule has 4 nitrogen and oxygen atoms in total. The second-order valence-corrected chi connectivity index (χ2v) is 6.52. The van der Waals surface area contributed by atoms with Gasteiger partial charge in [0.15, 0.2) is 0 Å². The molecule has 0 unspecified atom stereocenters. The number of carboxylic acids is 1. The van der Waals surface area contributed by atoms with Gasteiger partial charge in [-0.1, -0.05) is 40.4 Å². The Morgan fingerprint density at radius 1 is 1.30 bits per heavy atom. The Bertz CT molecular complexity index is 521. The Hall–Kier alpha value is -1.07. The van der Waals surface area contributed by atoms with Gasteiger partial charge in [-0.3, -0.25) is 9.59 Å². The van der Waals surface area contributed by atoms with Crippen LogP contribution in [0.5, 0.6) is 0 Å². The van der Waals surface area contributed by atoms with Gasteiger partial charge in [-0.05, 0) is 31.0 Å². The van der Waals surface area contributed by atoms with Gasteiger partial charge >= 0.3 is 5.97 Å². The van der Waals surface area contributed by atoms with Gasteiger partial charge in [0.1, 0.15) is 0 Å². The Morgan fingerprint density at radius 3 is 2.50 bits per heavy atom. The number of nitrogens with one attached hydrogen (secondary N) is 1. The van der Waals surface area contributed by atoms with E-state index in [1.165, 1.54) is 0 Å². The lowest BCUT2D eigenvalue weighted by atomic mass is 9.92. The van der Waals surface area contributed by atoms with Crippen molar-refractivity contribution >= 4 is 39.4 Å². The average Bonchev–Trinajstić information content (AvgIpc) is 2.74. The molecule has 0 atom stereocenters. The predicted molar refractivity (Wildman–Crippen MR) is 80.1 cm³/mol. The smallest absolute Gasteiger partial charge is 0.305 e. The van der Waals surface area contributed by atoms with Crippen molar-refractivity contribution in [3.05, 3.63) is 33.3 Å². The molecule has 1 aromatic carbocycles. The Kier molecular flexibility index (Phi) is 4.70. The molecule has 0 heterocycles. The highest BCUT2D eigenvalue weighted by Gasteiger charge is 2.37. The number of rotatable bonds is 4. The zero-order valence-electron chi connectivity index (χ0n) is 10.8. The topological polar surface area (TPSA) is 66.4 Å². The summed E-state index contributed by atoms with van der Waals surface area (Å²) in [5.41, 5.74) is -0.196. The van der Waals surface area contributed by atoms with Crippen molar-refractivity contribution in [2.24, 2.45) is 0 Å². The molecule has 1 saturated carbocycles. The largest absolute Gasteiger partial charge is 0.481 e. The second kappa shape index (κ2) is 6.14. The molecule has 0 aromatic heterocycles. The quantitative estimate of drug-likeness (QED) is 0.862. The summed E-state index contributed by atoms with van der Waals surface area (Å²) in [6.07, 6.45) is 3.24. The van der Waals surface area contributed by atoms with Crippen LogP contribution in [0.2, 0.25) is 5.02 Å². The maximum Gasteiger partial charge on any atom is 0.305 e. The lowest BCUT2D eigenvalue weighted by molar-refractivity contribution is -0.138. The molecule has 2 N–H and O–H groups in total. The second-order valence-electron chi connectivity index (χ2n) is 5.17. The fourth-order valence-corrected chi connectivity index (χ4v) is 3.55. The van der Waals surface area contributed by atoms with Crippen molar-refractivity contribution in [2.75, 3.05) is 0 Å². The maximum atomic E-state index is 12.3. The summed E-state index contributed by atoms with van der Waals surface area (Å²) in [6.45, 7) is 0. The van der Waals surface area contributed by atoms with E-state index in [2.05, 4.69) is 21.2 Å². The molecule has 6 heteroatoms. The van der Waals surface area contributed by atoms with Crippen molar-refractivity contribution in [3.63, 3.8) is 0 Å². The Balaban J connectivity index is 2.18. The summed E-state index contributed by atoms with van der Waals surface area (Å²) in [4.78, 5) is 23.3. The van der Waals surface area contributed by atoms with Crippen LogP contribution in [-0.4, -0.2) is 22.5 Å². The van der Waals surface area contributed by atoms with Crippen LogP contribution in [0.4, 0.5) is 0 Å². The number of aliphatic carboxylic acids is 1. The highest BCUT2D eigenvalue weighted by molar-refractivity contribution is 9.10. The van der Waals surface area contributed by atoms with Crippen molar-refractivity contribution in [1.29, 1.82) is 0 Å². The van der Waals surface area contributed by atoms with Gasteiger partial charge in [-0.15, -0.1) is 0 Å². The molecule has 1 aliphatic rings. The van der Waals surface area contributed by atoms with E-state index >= 15 is 0 Å². The highest BCUT2D eigenvalue weighted by atomic mass is 79.9. The summed E-state index contributed by atoms with van der Waals surface area (Å²) in [5, 5.41) is 12.4. The normalized spacial score (nSPS) is 16.9. The lowest BCUT2D eigenvalue weighted by Gasteiger charge is -2.28. The number of carboxylic acid groups (broad SMARTS) is 1. The lowest BCUT2D eigenvalue weighted by Crippen LogP contribution is -2.47. The minimum atomic E-state index is -0.889. The molecule has 2 rings (SSSR count). The third-order valence-electron chi connectivity index (χ3n) is 3.55. The molecule has 1 amide bonds. The van der Waals surface area contributed by atoms with Gasteiger partial charge in [0.25, 0.3) is 5.91 Å². The molecular formula is C14H15BrClNO3. The fourth-order valence-electron chi connectivity index (χ4n) is 2.69. The fraction of sp³-hybridized carbons (Fsp3) is 0.429. The van der Waals surface area contributed by atoms with E-state index in [9.17, 15) is 9.59 Å². The third-order valence-corrected chi connectivity index (χ3v) is 4.23. The molecular weight excluding hydrogens is 346 g/mol. The first-order valence-electron chi connectivity index (χ1n) is 6.41. The van der Waals surface area contributed by atoms with Gasteiger partial charge in [0.05, 0.1) is 12.0 Å². The molecule has 20 heavy (non-hydrogen) atoms. The first-order chi connectivity index (χ1) is 9.40. The minimum absolute atomic E-state index is 0.0412. The first kappa shape index (κ1) is 15.3. The van der Waals surface area contributed by atoms with Gasteiger partial charge in [0, 0.05) is 15.1 Å². The number of carbonyl (C=O) groups is 2. The number of halogens is 2. The molecule has 1 fully saturated rings. The zero-order valence-corrected chi connectivity index (χ0v) is 13.1. The monoisotopic (exact) mass is 359 g/mol. The summed E-state index contributed by atoms with van der Waals surface area (Å²) >= 11 is 9.21. The van der Waals surface area contributed by atoms with Gasteiger partial charge in [-0.2, -0.15) is 0 Å². The Labute approximate surface area is 130 Å². The van der Waals surface area contributed by atoms with Gasteiger partial charge in [-0.25, -0.2) is 0 Å². The van der Waals surface area contributed by atoms with Crippen molar-refractivity contribution in [2.45, 2.75) is 37.6 Å². The summed E-state index contributed by atoms with van der Waals surface area (Å²) < 4.78 is 0.717. The Morgan fingerprint density at radius 2 is 1.95 bits per heavy atom. The molecule has 1 aromatic rings. The molecule has 0 aliphatic heterocycles. The van der Waals surface area contributed by atoms with Crippen LogP contribution >= 0.6 is 27.5 Å². The van der Waals surface area contributed by atoms with E-state index in [-0.39, 0.29) is 12.3 Å². The summed E-state index contributed by atoms with van der Waals surface area (Å²) in [6, 6.07) is 4.94. The van der Waals surface area contributed by atoms with Crippen LogP contribution in [0, 0.1) is 0 Å². The van der Waals surface area contributed by atoms with Crippen LogP contribution < -0.4 is 5.32 Å². The minimum Gasteiger partial charge on any atom is -0.481 e. The van der Waals surface area contributed by atoms with E-state index in [0.29, 0.717) is 27.9 Å². The van der Waals surface area contributed by atoms with E-state index < -0.39 is 11.5 Å². The molecule has 0 radical (unpaired) electrons. The molecule has 0 bridgehead atoms. The van der Waals surface area contributed by atoms with Crippen molar-refractivity contribution < 1.29 is 14.7 Å². The predicted octanol–water partition coefficient (Wildman–Crippen LogP) is 3.62. The SMILES string of the molecule is O=C(O)CC1(NC(=O)c2cc(Cl)cc(Br)c2)CCCC1. The van der Waals surface area contributed by atoms with E-state index in [4.69, 9.17) is 16.7 Å². The number of benzene rings is 1. The van der Waals surface area contributed by atoms with Crippen LogP contribution in [0.1, 0.15) is 42.5 Å². The number of carbonyl (C=O) groups excluding carboxylic acids is 1. The van der Waals surface area contributed by atoms with E-state index in [1.807, 2.05) is 0 Å². The van der Waals surface area contributed by atoms with Crippen LogP contribution in [0.3, 0.4) is 0 Å². The maximum absolute atomic E-state index is 12.3. The zero-order chi connectivity index (χ0) is 14.8. The van der Waals surface area contributed by atoms with Crippen LogP contribution in [0.25, 0.3) is 0 Å². The number of hydrogen-bond donors (Lipinski definition) is 2. The van der Waals surface area contributed by atoms with E-state index in [0.717, 1.165) is 12.8 Å². The average molecular weight is 361 g/mol.